The third-order valence-corrected chi connectivity index (χ3v) is 2.74. The molecule has 100 valence electrons. The van der Waals surface area contributed by atoms with Gasteiger partial charge in [-0.05, 0) is 36.8 Å². The second-order valence-corrected chi connectivity index (χ2v) is 4.13. The van der Waals surface area contributed by atoms with E-state index in [4.69, 9.17) is 10.5 Å². The fourth-order valence-corrected chi connectivity index (χ4v) is 1.82. The predicted molar refractivity (Wildman–Crippen MR) is 75.8 cm³/mol. The van der Waals surface area contributed by atoms with Crippen molar-refractivity contribution in [1.29, 1.82) is 0 Å². The maximum absolute atomic E-state index is 13.1. The van der Waals surface area contributed by atoms with Gasteiger partial charge in [-0.25, -0.2) is 4.39 Å². The Balaban J connectivity index is 2.09. The summed E-state index contributed by atoms with van der Waals surface area (Å²) in [4.78, 5) is 0. The Kier molecular flexibility index (Phi) is 4.23. The molecule has 0 atom stereocenters. The highest BCUT2D eigenvalue weighted by Crippen LogP contribution is 2.29. The molecule has 3 nitrogen and oxygen atoms in total. The molecule has 2 aromatic rings. The first-order chi connectivity index (χ1) is 9.20. The van der Waals surface area contributed by atoms with Crippen molar-refractivity contribution in [1.82, 2.24) is 0 Å². The average Bonchev–Trinajstić information content (AvgIpc) is 2.40. The molecule has 0 aliphatic heterocycles. The minimum Gasteiger partial charge on any atom is -0.492 e. The van der Waals surface area contributed by atoms with Gasteiger partial charge in [0.2, 0.25) is 0 Å². The van der Waals surface area contributed by atoms with Crippen LogP contribution >= 0.6 is 0 Å². The van der Waals surface area contributed by atoms with Crippen LogP contribution < -0.4 is 15.8 Å². The van der Waals surface area contributed by atoms with Crippen molar-refractivity contribution in [3.05, 3.63) is 53.8 Å². The van der Waals surface area contributed by atoms with Crippen molar-refractivity contribution >= 4 is 11.4 Å². The minimum atomic E-state index is -0.240. The molecule has 0 aliphatic rings. The zero-order chi connectivity index (χ0) is 13.7. The first-order valence-corrected chi connectivity index (χ1v) is 6.20. The molecule has 4 heteroatoms. The zero-order valence-electron chi connectivity index (χ0n) is 10.8. The van der Waals surface area contributed by atoms with E-state index < -0.39 is 0 Å². The smallest absolute Gasteiger partial charge is 0.144 e. The molecule has 2 aromatic carbocycles. The Morgan fingerprint density at radius 2 is 2.00 bits per heavy atom. The highest BCUT2D eigenvalue weighted by molar-refractivity contribution is 5.72. The van der Waals surface area contributed by atoms with Crippen molar-refractivity contribution in [3.63, 3.8) is 0 Å². The average molecular weight is 260 g/mol. The van der Waals surface area contributed by atoms with Gasteiger partial charge in [0.15, 0.2) is 0 Å². The highest BCUT2D eigenvalue weighted by Gasteiger charge is 2.05. The summed E-state index contributed by atoms with van der Waals surface area (Å²) in [6, 6.07) is 12.0. The number of nitrogens with two attached hydrogens (primary N) is 1. The molecular weight excluding hydrogens is 243 g/mol. The first kappa shape index (κ1) is 13.2. The van der Waals surface area contributed by atoms with E-state index in [1.54, 1.807) is 6.07 Å². The molecule has 19 heavy (non-hydrogen) atoms. The molecule has 0 unspecified atom stereocenters. The monoisotopic (exact) mass is 260 g/mol. The topological polar surface area (TPSA) is 47.3 Å². The largest absolute Gasteiger partial charge is 0.492 e. The van der Waals surface area contributed by atoms with Crippen molar-refractivity contribution in [2.45, 2.75) is 13.5 Å². The lowest BCUT2D eigenvalue weighted by Gasteiger charge is -2.13. The molecule has 0 saturated heterocycles. The summed E-state index contributed by atoms with van der Waals surface area (Å²) in [7, 11) is 0. The summed E-state index contributed by atoms with van der Waals surface area (Å²) in [6.07, 6.45) is 0. The SMILES string of the molecule is CCOc1cccc(NCc2cccc(F)c2)c1N. The van der Waals surface area contributed by atoms with Crippen LogP contribution in [0.1, 0.15) is 12.5 Å². The molecule has 0 fully saturated rings. The van der Waals surface area contributed by atoms with E-state index in [1.165, 1.54) is 12.1 Å². The maximum atomic E-state index is 13.1. The molecule has 0 amide bonds. The molecule has 0 heterocycles. The number of anilines is 2. The molecule has 0 spiro atoms. The van der Waals surface area contributed by atoms with Crippen LogP contribution in [0.25, 0.3) is 0 Å². The van der Waals surface area contributed by atoms with Crippen molar-refractivity contribution in [3.8, 4) is 5.75 Å². The van der Waals surface area contributed by atoms with Crippen LogP contribution in [0.15, 0.2) is 42.5 Å². The molecular formula is C15H17FN2O. The fraction of sp³-hybridized carbons (Fsp3) is 0.200. The standard InChI is InChI=1S/C15H17FN2O/c1-2-19-14-8-4-7-13(15(14)17)18-10-11-5-3-6-12(16)9-11/h3-9,18H,2,10,17H2,1H3. The fourth-order valence-electron chi connectivity index (χ4n) is 1.82. The van der Waals surface area contributed by atoms with Gasteiger partial charge in [0.05, 0.1) is 18.0 Å². The van der Waals surface area contributed by atoms with Crippen LogP contribution in [0.3, 0.4) is 0 Å². The molecule has 0 radical (unpaired) electrons. The quantitative estimate of drug-likeness (QED) is 0.810. The van der Waals surface area contributed by atoms with Crippen LogP contribution in [-0.4, -0.2) is 6.61 Å². The van der Waals surface area contributed by atoms with Gasteiger partial charge in [-0.15, -0.1) is 0 Å². The minimum absolute atomic E-state index is 0.240. The van der Waals surface area contributed by atoms with Gasteiger partial charge in [-0.1, -0.05) is 18.2 Å². The van der Waals surface area contributed by atoms with Crippen molar-refractivity contribution < 1.29 is 9.13 Å². The van der Waals surface area contributed by atoms with Crippen molar-refractivity contribution in [2.75, 3.05) is 17.7 Å². The normalized spacial score (nSPS) is 10.2. The molecule has 0 bridgehead atoms. The van der Waals surface area contributed by atoms with Crippen LogP contribution in [0.2, 0.25) is 0 Å². The third kappa shape index (κ3) is 3.37. The molecule has 3 N–H and O–H groups in total. The van der Waals surface area contributed by atoms with E-state index in [9.17, 15) is 4.39 Å². The number of para-hydroxylation sites is 1. The van der Waals surface area contributed by atoms with E-state index in [0.717, 1.165) is 11.3 Å². The summed E-state index contributed by atoms with van der Waals surface area (Å²) in [5.74, 6) is 0.419. The predicted octanol–water partition coefficient (Wildman–Crippen LogP) is 3.42. The Hall–Kier alpha value is -2.23. The summed E-state index contributed by atoms with van der Waals surface area (Å²) < 4.78 is 18.5. The molecule has 0 aromatic heterocycles. The van der Waals surface area contributed by atoms with Crippen molar-refractivity contribution in [2.24, 2.45) is 0 Å². The molecule has 0 saturated carbocycles. The van der Waals surface area contributed by atoms with Gasteiger partial charge >= 0.3 is 0 Å². The second-order valence-electron chi connectivity index (χ2n) is 4.13. The number of hydrogen-bond donors (Lipinski definition) is 2. The van der Waals surface area contributed by atoms with Gasteiger partial charge in [0.25, 0.3) is 0 Å². The summed E-state index contributed by atoms with van der Waals surface area (Å²) in [5.41, 5.74) is 8.22. The number of ether oxygens (including phenoxy) is 1. The Labute approximate surface area is 112 Å². The lowest BCUT2D eigenvalue weighted by atomic mass is 10.2. The van der Waals surface area contributed by atoms with Crippen LogP contribution in [0, 0.1) is 5.82 Å². The lowest BCUT2D eigenvalue weighted by molar-refractivity contribution is 0.342. The van der Waals surface area contributed by atoms with Gasteiger partial charge in [-0.3, -0.25) is 0 Å². The number of nitrogen functional groups attached to an aromatic ring is 1. The van der Waals surface area contributed by atoms with Crippen LogP contribution in [0.5, 0.6) is 5.75 Å². The maximum Gasteiger partial charge on any atom is 0.144 e. The third-order valence-electron chi connectivity index (χ3n) is 2.74. The summed E-state index contributed by atoms with van der Waals surface area (Å²) in [5, 5.41) is 3.18. The first-order valence-electron chi connectivity index (χ1n) is 6.20. The molecule has 2 rings (SSSR count). The Bertz CT molecular complexity index is 558. The zero-order valence-corrected chi connectivity index (χ0v) is 10.8. The van der Waals surface area contributed by atoms with E-state index in [2.05, 4.69) is 5.32 Å². The number of nitrogens with one attached hydrogen (secondary N) is 1. The number of halogens is 1. The Morgan fingerprint density at radius 1 is 1.21 bits per heavy atom. The second kappa shape index (κ2) is 6.09. The highest BCUT2D eigenvalue weighted by atomic mass is 19.1. The summed E-state index contributed by atoms with van der Waals surface area (Å²) >= 11 is 0. The van der Waals surface area contributed by atoms with Gasteiger partial charge in [0, 0.05) is 6.54 Å². The van der Waals surface area contributed by atoms with E-state index in [0.29, 0.717) is 24.6 Å². The molecule has 0 aliphatic carbocycles. The number of benzene rings is 2. The van der Waals surface area contributed by atoms with E-state index >= 15 is 0 Å². The van der Waals surface area contributed by atoms with Gasteiger partial charge < -0.3 is 15.8 Å². The number of rotatable bonds is 5. The lowest BCUT2D eigenvalue weighted by Crippen LogP contribution is -2.04. The van der Waals surface area contributed by atoms with Crippen LogP contribution in [-0.2, 0) is 6.54 Å². The number of hydrogen-bond acceptors (Lipinski definition) is 3. The van der Waals surface area contributed by atoms with Crippen LogP contribution in [0.4, 0.5) is 15.8 Å². The Morgan fingerprint density at radius 3 is 2.74 bits per heavy atom. The van der Waals surface area contributed by atoms with Gasteiger partial charge in [-0.2, -0.15) is 0 Å². The van der Waals surface area contributed by atoms with E-state index in [1.807, 2.05) is 31.2 Å². The van der Waals surface area contributed by atoms with E-state index in [-0.39, 0.29) is 5.82 Å². The van der Waals surface area contributed by atoms with Gasteiger partial charge in [0.1, 0.15) is 11.6 Å². The summed E-state index contributed by atoms with van der Waals surface area (Å²) in [6.45, 7) is 2.99.